The van der Waals surface area contributed by atoms with Gasteiger partial charge in [0.1, 0.15) is 0 Å². The number of ether oxygens (including phenoxy) is 1. The Morgan fingerprint density at radius 3 is 2.72 bits per heavy atom. The van der Waals surface area contributed by atoms with Crippen molar-refractivity contribution in [3.05, 3.63) is 33.9 Å². The normalized spacial score (nSPS) is 10.7. The van der Waals surface area contributed by atoms with Crippen LogP contribution >= 0.6 is 0 Å². The van der Waals surface area contributed by atoms with E-state index < -0.39 is 0 Å². The van der Waals surface area contributed by atoms with Gasteiger partial charge in [0.25, 0.3) is 5.69 Å². The van der Waals surface area contributed by atoms with Gasteiger partial charge in [-0.05, 0) is 18.9 Å². The van der Waals surface area contributed by atoms with E-state index in [-0.39, 0.29) is 10.6 Å². The minimum Gasteiger partial charge on any atom is -0.385 e. The third kappa shape index (κ3) is 4.33. The van der Waals surface area contributed by atoms with Gasteiger partial charge in [0, 0.05) is 36.5 Å². The second kappa shape index (κ2) is 6.96. The molecule has 1 aromatic carbocycles. The van der Waals surface area contributed by atoms with Crippen LogP contribution in [0.4, 0.5) is 11.4 Å². The first-order chi connectivity index (χ1) is 8.54. The van der Waals surface area contributed by atoms with Crippen LogP contribution in [-0.4, -0.2) is 18.1 Å². The first-order valence-electron chi connectivity index (χ1n) is 6.13. The van der Waals surface area contributed by atoms with Crippen LogP contribution < -0.4 is 5.32 Å². The minimum atomic E-state index is -0.387. The minimum absolute atomic E-state index is 0.0970. The van der Waals surface area contributed by atoms with Gasteiger partial charge in [-0.1, -0.05) is 13.8 Å². The zero-order valence-corrected chi connectivity index (χ0v) is 11.1. The Kier molecular flexibility index (Phi) is 5.58. The van der Waals surface area contributed by atoms with Crippen LogP contribution in [-0.2, 0) is 11.3 Å². The molecule has 5 nitrogen and oxygen atoms in total. The van der Waals surface area contributed by atoms with E-state index in [2.05, 4.69) is 19.2 Å². The quantitative estimate of drug-likeness (QED) is 0.598. The van der Waals surface area contributed by atoms with E-state index in [1.165, 1.54) is 6.07 Å². The summed E-state index contributed by atoms with van der Waals surface area (Å²) in [7, 11) is 0. The maximum atomic E-state index is 10.7. The summed E-state index contributed by atoms with van der Waals surface area (Å²) in [5.74, 6) is 0.450. The fraction of sp³-hybridized carbons (Fsp3) is 0.538. The Hall–Kier alpha value is -1.62. The van der Waals surface area contributed by atoms with Gasteiger partial charge in [0.2, 0.25) is 0 Å². The van der Waals surface area contributed by atoms with Crippen molar-refractivity contribution in [2.45, 2.75) is 27.4 Å². The number of nitro groups is 1. The Bertz CT molecular complexity index is 405. The molecule has 100 valence electrons. The molecular formula is C13H20N2O3. The van der Waals surface area contributed by atoms with E-state index >= 15 is 0 Å². The maximum absolute atomic E-state index is 10.7. The Morgan fingerprint density at radius 2 is 2.17 bits per heavy atom. The molecule has 1 rings (SSSR count). The molecule has 0 saturated carbocycles. The van der Waals surface area contributed by atoms with Crippen LogP contribution in [0, 0.1) is 16.0 Å². The molecule has 0 saturated heterocycles. The van der Waals surface area contributed by atoms with Gasteiger partial charge in [-0.15, -0.1) is 0 Å². The average molecular weight is 252 g/mol. The highest BCUT2D eigenvalue weighted by atomic mass is 16.6. The highest BCUT2D eigenvalue weighted by Crippen LogP contribution is 2.23. The van der Waals surface area contributed by atoms with E-state index in [4.69, 9.17) is 4.74 Å². The lowest BCUT2D eigenvalue weighted by atomic mass is 10.1. The number of non-ortho nitro benzene ring substituents is 1. The Balaban J connectivity index is 2.82. The summed E-state index contributed by atoms with van der Waals surface area (Å²) < 4.78 is 5.54. The summed E-state index contributed by atoms with van der Waals surface area (Å²) >= 11 is 0. The molecule has 0 aliphatic carbocycles. The lowest BCUT2D eigenvalue weighted by Gasteiger charge is -2.12. The van der Waals surface area contributed by atoms with Crippen molar-refractivity contribution in [2.24, 2.45) is 5.92 Å². The second-order valence-corrected chi connectivity index (χ2v) is 4.54. The van der Waals surface area contributed by atoms with Gasteiger partial charge in [-0.3, -0.25) is 10.1 Å². The molecule has 18 heavy (non-hydrogen) atoms. The lowest BCUT2D eigenvalue weighted by molar-refractivity contribution is -0.384. The zero-order chi connectivity index (χ0) is 13.5. The zero-order valence-electron chi connectivity index (χ0n) is 11.1. The van der Waals surface area contributed by atoms with Gasteiger partial charge in [0.05, 0.1) is 11.5 Å². The summed E-state index contributed by atoms with van der Waals surface area (Å²) in [6.07, 6.45) is 0. The first-order valence-corrected chi connectivity index (χ1v) is 6.13. The molecule has 0 atom stereocenters. The smallest absolute Gasteiger partial charge is 0.269 e. The summed E-state index contributed by atoms with van der Waals surface area (Å²) in [5, 5.41) is 13.9. The largest absolute Gasteiger partial charge is 0.385 e. The predicted molar refractivity (Wildman–Crippen MR) is 71.8 cm³/mol. The number of hydrogen-bond acceptors (Lipinski definition) is 4. The first kappa shape index (κ1) is 14.4. The number of hydrogen-bond donors (Lipinski definition) is 1. The number of rotatable bonds is 7. The van der Waals surface area contributed by atoms with Crippen molar-refractivity contribution in [3.8, 4) is 0 Å². The van der Waals surface area contributed by atoms with Crippen LogP contribution in [0.5, 0.6) is 0 Å². The molecule has 0 bridgehead atoms. The molecule has 0 amide bonds. The molecule has 0 fully saturated rings. The number of benzene rings is 1. The molecule has 1 N–H and O–H groups in total. The van der Waals surface area contributed by atoms with Gasteiger partial charge >= 0.3 is 0 Å². The number of nitrogens with one attached hydrogen (secondary N) is 1. The fourth-order valence-electron chi connectivity index (χ4n) is 1.58. The topological polar surface area (TPSA) is 64.4 Å². The molecule has 1 aromatic rings. The molecule has 0 radical (unpaired) electrons. The van der Waals surface area contributed by atoms with Crippen molar-refractivity contribution in [1.29, 1.82) is 0 Å². The van der Waals surface area contributed by atoms with Gasteiger partial charge in [-0.25, -0.2) is 0 Å². The van der Waals surface area contributed by atoms with E-state index in [9.17, 15) is 10.1 Å². The molecule has 0 unspecified atom stereocenters. The SMILES string of the molecule is CCNc1ccc([N+](=O)[O-])cc1COCC(C)C. The Morgan fingerprint density at radius 1 is 1.44 bits per heavy atom. The molecule has 0 aliphatic rings. The van der Waals surface area contributed by atoms with Gasteiger partial charge < -0.3 is 10.1 Å². The third-order valence-corrected chi connectivity index (χ3v) is 2.38. The number of nitro benzene ring substituents is 1. The molecular weight excluding hydrogens is 232 g/mol. The van der Waals surface area contributed by atoms with Crippen molar-refractivity contribution >= 4 is 11.4 Å². The van der Waals surface area contributed by atoms with Crippen LogP contribution in [0.1, 0.15) is 26.3 Å². The van der Waals surface area contributed by atoms with Crippen molar-refractivity contribution < 1.29 is 9.66 Å². The standard InChI is InChI=1S/C13H20N2O3/c1-4-14-13-6-5-12(15(16)17)7-11(13)9-18-8-10(2)3/h5-7,10,14H,4,8-9H2,1-3H3. The monoisotopic (exact) mass is 252 g/mol. The average Bonchev–Trinajstić information content (AvgIpc) is 2.30. The molecule has 0 heterocycles. The Labute approximate surface area is 107 Å². The van der Waals surface area contributed by atoms with Crippen molar-refractivity contribution in [2.75, 3.05) is 18.5 Å². The fourth-order valence-corrected chi connectivity index (χ4v) is 1.58. The summed E-state index contributed by atoms with van der Waals surface area (Å²) in [6.45, 7) is 7.93. The molecule has 0 spiro atoms. The third-order valence-electron chi connectivity index (χ3n) is 2.38. The number of nitrogens with zero attached hydrogens (tertiary/aromatic N) is 1. The van der Waals surface area contributed by atoms with E-state index in [1.807, 2.05) is 6.92 Å². The summed E-state index contributed by atoms with van der Waals surface area (Å²) in [5.41, 5.74) is 1.82. The molecule has 0 aromatic heterocycles. The second-order valence-electron chi connectivity index (χ2n) is 4.54. The van der Waals surface area contributed by atoms with Crippen LogP contribution in [0.25, 0.3) is 0 Å². The highest BCUT2D eigenvalue weighted by Gasteiger charge is 2.10. The van der Waals surface area contributed by atoms with E-state index in [1.54, 1.807) is 12.1 Å². The summed E-state index contributed by atoms with van der Waals surface area (Å²) in [4.78, 5) is 10.4. The van der Waals surface area contributed by atoms with Gasteiger partial charge in [-0.2, -0.15) is 0 Å². The molecule has 0 aliphatic heterocycles. The van der Waals surface area contributed by atoms with Crippen molar-refractivity contribution in [1.82, 2.24) is 0 Å². The maximum Gasteiger partial charge on any atom is 0.269 e. The van der Waals surface area contributed by atoms with Gasteiger partial charge in [0.15, 0.2) is 0 Å². The molecule has 5 heteroatoms. The van der Waals surface area contributed by atoms with Crippen LogP contribution in [0.3, 0.4) is 0 Å². The summed E-state index contributed by atoms with van der Waals surface area (Å²) in [6, 6.07) is 4.80. The van der Waals surface area contributed by atoms with Crippen molar-refractivity contribution in [3.63, 3.8) is 0 Å². The van der Waals surface area contributed by atoms with Crippen LogP contribution in [0.2, 0.25) is 0 Å². The highest BCUT2D eigenvalue weighted by molar-refractivity contribution is 5.55. The van der Waals surface area contributed by atoms with E-state index in [0.717, 1.165) is 17.8 Å². The van der Waals surface area contributed by atoms with Crippen LogP contribution in [0.15, 0.2) is 18.2 Å². The van der Waals surface area contributed by atoms with E-state index in [0.29, 0.717) is 19.1 Å². The predicted octanol–water partition coefficient (Wildman–Crippen LogP) is 3.20. The lowest BCUT2D eigenvalue weighted by Crippen LogP contribution is -2.06. The number of anilines is 1.